The van der Waals surface area contributed by atoms with Crippen LogP contribution < -0.4 is 4.72 Å². The highest BCUT2D eigenvalue weighted by Gasteiger charge is 2.26. The van der Waals surface area contributed by atoms with E-state index in [-0.39, 0.29) is 16.9 Å². The summed E-state index contributed by atoms with van der Waals surface area (Å²) in [5, 5.41) is 9.72. The van der Waals surface area contributed by atoms with Crippen LogP contribution in [0.15, 0.2) is 29.2 Å². The maximum absolute atomic E-state index is 12.2. The maximum atomic E-state index is 12.2. The molecular weight excluding hydrogens is 274 g/mol. The summed E-state index contributed by atoms with van der Waals surface area (Å²) < 4.78 is 27.0. The Labute approximate surface area is 121 Å². The minimum absolute atomic E-state index is 0.0414. The van der Waals surface area contributed by atoms with Gasteiger partial charge in [0.1, 0.15) is 0 Å². The predicted molar refractivity (Wildman–Crippen MR) is 79.1 cm³/mol. The fraction of sp³-hybridized carbons (Fsp3) is 0.600. The average molecular weight is 297 g/mol. The number of hydrogen-bond acceptors (Lipinski definition) is 3. The first-order valence-electron chi connectivity index (χ1n) is 7.18. The van der Waals surface area contributed by atoms with E-state index < -0.39 is 10.0 Å². The molecule has 0 aliphatic heterocycles. The lowest BCUT2D eigenvalue weighted by molar-refractivity contribution is 0.134. The van der Waals surface area contributed by atoms with E-state index in [0.29, 0.717) is 12.5 Å². The standard InChI is InChI=1S/C15H23NO3S/c1-11(2)12-6-8-14(9-7-12)20(18,19)16-10-13-4-3-5-15(13)17/h6-9,11,13,15-17H,3-5,10H2,1-2H3/t13-,15-/m1/s1. The van der Waals surface area contributed by atoms with Crippen LogP contribution in [0.1, 0.15) is 44.6 Å². The van der Waals surface area contributed by atoms with Crippen molar-refractivity contribution in [2.45, 2.75) is 50.0 Å². The van der Waals surface area contributed by atoms with E-state index >= 15 is 0 Å². The molecule has 2 N–H and O–H groups in total. The molecule has 1 aromatic rings. The van der Waals surface area contributed by atoms with Gasteiger partial charge < -0.3 is 5.11 Å². The molecule has 1 fully saturated rings. The van der Waals surface area contributed by atoms with Gasteiger partial charge in [-0.3, -0.25) is 0 Å². The Morgan fingerprint density at radius 3 is 2.40 bits per heavy atom. The normalized spacial score (nSPS) is 23.4. The van der Waals surface area contributed by atoms with Gasteiger partial charge in [-0.2, -0.15) is 0 Å². The Morgan fingerprint density at radius 1 is 1.25 bits per heavy atom. The highest BCUT2D eigenvalue weighted by atomic mass is 32.2. The minimum Gasteiger partial charge on any atom is -0.393 e. The van der Waals surface area contributed by atoms with Crippen molar-refractivity contribution in [3.8, 4) is 0 Å². The Balaban J connectivity index is 2.02. The Morgan fingerprint density at radius 2 is 1.90 bits per heavy atom. The lowest BCUT2D eigenvalue weighted by Crippen LogP contribution is -2.32. The first kappa shape index (κ1) is 15.5. The van der Waals surface area contributed by atoms with Gasteiger partial charge in [0.05, 0.1) is 11.0 Å². The van der Waals surface area contributed by atoms with Crippen LogP contribution in [-0.2, 0) is 10.0 Å². The van der Waals surface area contributed by atoms with Crippen LogP contribution in [-0.4, -0.2) is 26.2 Å². The SMILES string of the molecule is CC(C)c1ccc(S(=O)(=O)NC[C@H]2CCC[C@H]2O)cc1. The topological polar surface area (TPSA) is 66.4 Å². The molecule has 112 valence electrons. The molecule has 0 heterocycles. The second-order valence-corrected chi connectivity index (χ2v) is 7.60. The summed E-state index contributed by atoms with van der Waals surface area (Å²) in [6, 6.07) is 6.98. The summed E-state index contributed by atoms with van der Waals surface area (Å²) in [7, 11) is -3.47. The highest BCUT2D eigenvalue weighted by Crippen LogP contribution is 2.25. The first-order valence-corrected chi connectivity index (χ1v) is 8.66. The summed E-state index contributed by atoms with van der Waals surface area (Å²) in [4.78, 5) is 0.286. The fourth-order valence-electron chi connectivity index (χ4n) is 2.59. The van der Waals surface area contributed by atoms with Crippen molar-refractivity contribution >= 4 is 10.0 Å². The summed E-state index contributed by atoms with van der Waals surface area (Å²) in [5.74, 6) is 0.424. The van der Waals surface area contributed by atoms with Crippen LogP contribution in [0.2, 0.25) is 0 Å². The quantitative estimate of drug-likeness (QED) is 0.876. The number of sulfonamides is 1. The minimum atomic E-state index is -3.47. The third-order valence-electron chi connectivity index (χ3n) is 4.01. The van der Waals surface area contributed by atoms with E-state index in [4.69, 9.17) is 0 Å². The van der Waals surface area contributed by atoms with Gasteiger partial charge in [0.2, 0.25) is 10.0 Å². The Bertz CT molecular complexity index is 537. The predicted octanol–water partition coefficient (Wildman–Crippen LogP) is 2.25. The van der Waals surface area contributed by atoms with Gasteiger partial charge in [-0.05, 0) is 42.4 Å². The molecule has 5 heteroatoms. The molecule has 0 radical (unpaired) electrons. The number of aliphatic hydroxyl groups excluding tert-OH is 1. The van der Waals surface area contributed by atoms with E-state index in [0.717, 1.165) is 24.8 Å². The zero-order valence-electron chi connectivity index (χ0n) is 12.0. The molecule has 1 aromatic carbocycles. The van der Waals surface area contributed by atoms with Crippen molar-refractivity contribution < 1.29 is 13.5 Å². The average Bonchev–Trinajstić information content (AvgIpc) is 2.82. The molecule has 0 spiro atoms. The highest BCUT2D eigenvalue weighted by molar-refractivity contribution is 7.89. The molecule has 1 aliphatic carbocycles. The van der Waals surface area contributed by atoms with Crippen LogP contribution >= 0.6 is 0 Å². The second kappa shape index (κ2) is 6.24. The summed E-state index contributed by atoms with van der Waals surface area (Å²) in [6.07, 6.45) is 2.25. The molecule has 0 aromatic heterocycles. The van der Waals surface area contributed by atoms with E-state index in [1.807, 2.05) is 12.1 Å². The Kier molecular flexibility index (Phi) is 4.83. The summed E-state index contributed by atoms with van der Waals surface area (Å²) in [6.45, 7) is 4.46. The van der Waals surface area contributed by atoms with Crippen molar-refractivity contribution in [1.29, 1.82) is 0 Å². The zero-order chi connectivity index (χ0) is 14.8. The molecule has 0 amide bonds. The van der Waals surface area contributed by atoms with E-state index in [2.05, 4.69) is 18.6 Å². The van der Waals surface area contributed by atoms with E-state index in [9.17, 15) is 13.5 Å². The van der Waals surface area contributed by atoms with E-state index in [1.54, 1.807) is 12.1 Å². The van der Waals surface area contributed by atoms with Gasteiger partial charge in [-0.25, -0.2) is 13.1 Å². The molecule has 0 bridgehead atoms. The third-order valence-corrected chi connectivity index (χ3v) is 5.45. The lowest BCUT2D eigenvalue weighted by atomic mass is 10.0. The summed E-state index contributed by atoms with van der Waals surface area (Å²) >= 11 is 0. The molecule has 2 atom stereocenters. The number of benzene rings is 1. The zero-order valence-corrected chi connectivity index (χ0v) is 12.9. The first-order chi connectivity index (χ1) is 9.40. The third kappa shape index (κ3) is 3.59. The molecule has 4 nitrogen and oxygen atoms in total. The Hall–Kier alpha value is -0.910. The number of rotatable bonds is 5. The van der Waals surface area contributed by atoms with Crippen LogP contribution in [0, 0.1) is 5.92 Å². The van der Waals surface area contributed by atoms with Gasteiger partial charge in [-0.15, -0.1) is 0 Å². The molecule has 0 saturated heterocycles. The van der Waals surface area contributed by atoms with Crippen molar-refractivity contribution in [3.05, 3.63) is 29.8 Å². The number of aliphatic hydroxyl groups is 1. The second-order valence-electron chi connectivity index (χ2n) is 5.83. The largest absolute Gasteiger partial charge is 0.393 e. The van der Waals surface area contributed by atoms with Crippen LogP contribution in [0.4, 0.5) is 0 Å². The van der Waals surface area contributed by atoms with Gasteiger partial charge >= 0.3 is 0 Å². The van der Waals surface area contributed by atoms with Crippen LogP contribution in [0.3, 0.4) is 0 Å². The maximum Gasteiger partial charge on any atom is 0.240 e. The van der Waals surface area contributed by atoms with Gasteiger partial charge in [-0.1, -0.05) is 32.4 Å². The fourth-order valence-corrected chi connectivity index (χ4v) is 3.68. The molecule has 0 unspecified atom stereocenters. The summed E-state index contributed by atoms with van der Waals surface area (Å²) in [5.41, 5.74) is 1.12. The van der Waals surface area contributed by atoms with Crippen molar-refractivity contribution in [3.63, 3.8) is 0 Å². The van der Waals surface area contributed by atoms with Gasteiger partial charge in [0, 0.05) is 6.54 Å². The van der Waals surface area contributed by atoms with Crippen LogP contribution in [0.25, 0.3) is 0 Å². The molecule has 1 saturated carbocycles. The molecular formula is C15H23NO3S. The van der Waals surface area contributed by atoms with Gasteiger partial charge in [0.15, 0.2) is 0 Å². The van der Waals surface area contributed by atoms with Crippen LogP contribution in [0.5, 0.6) is 0 Å². The smallest absolute Gasteiger partial charge is 0.240 e. The molecule has 1 aliphatic rings. The molecule has 20 heavy (non-hydrogen) atoms. The molecule has 2 rings (SSSR count). The number of nitrogens with one attached hydrogen (secondary N) is 1. The van der Waals surface area contributed by atoms with E-state index in [1.165, 1.54) is 0 Å². The monoisotopic (exact) mass is 297 g/mol. The van der Waals surface area contributed by atoms with Crippen molar-refractivity contribution in [2.24, 2.45) is 5.92 Å². The van der Waals surface area contributed by atoms with Gasteiger partial charge in [0.25, 0.3) is 0 Å². The number of hydrogen-bond donors (Lipinski definition) is 2. The lowest BCUT2D eigenvalue weighted by Gasteiger charge is -2.15. The van der Waals surface area contributed by atoms with Crippen molar-refractivity contribution in [2.75, 3.05) is 6.54 Å². The van der Waals surface area contributed by atoms with Crippen molar-refractivity contribution in [1.82, 2.24) is 4.72 Å².